The molecule has 6 nitrogen and oxygen atoms in total. The molecule has 0 radical (unpaired) electrons. The van der Waals surface area contributed by atoms with E-state index in [4.69, 9.17) is 4.42 Å². The fraction of sp³-hybridized carbons (Fsp3) is 0.143. The van der Waals surface area contributed by atoms with Crippen LogP contribution in [0.4, 0.5) is 5.13 Å². The van der Waals surface area contributed by atoms with Crippen molar-refractivity contribution in [2.75, 3.05) is 11.2 Å². The van der Waals surface area contributed by atoms with Gasteiger partial charge in [0, 0.05) is 11.8 Å². The Morgan fingerprint density at radius 1 is 1.14 bits per heavy atom. The van der Waals surface area contributed by atoms with Gasteiger partial charge in [0.2, 0.25) is 0 Å². The summed E-state index contributed by atoms with van der Waals surface area (Å²) in [6, 6.07) is 15.5. The van der Waals surface area contributed by atoms with Crippen LogP contribution in [0.2, 0.25) is 0 Å². The third-order valence-electron chi connectivity index (χ3n) is 4.41. The monoisotopic (exact) mass is 426 g/mol. The highest BCUT2D eigenvalue weighted by atomic mass is 32.2. The number of amides is 1. The average molecular weight is 427 g/mol. The molecule has 0 spiro atoms. The maximum Gasteiger partial charge on any atom is 0.260 e. The molecule has 4 rings (SSSR count). The minimum atomic E-state index is -3.43. The number of aryl methyl sites for hydroxylation is 1. The van der Waals surface area contributed by atoms with Gasteiger partial charge in [-0.25, -0.2) is 13.4 Å². The van der Waals surface area contributed by atoms with Crippen molar-refractivity contribution >= 4 is 42.4 Å². The van der Waals surface area contributed by atoms with Crippen LogP contribution in [0.15, 0.2) is 70.2 Å². The van der Waals surface area contributed by atoms with E-state index in [0.29, 0.717) is 10.9 Å². The number of furan rings is 1. The van der Waals surface area contributed by atoms with Crippen LogP contribution in [-0.2, 0) is 16.4 Å². The summed E-state index contributed by atoms with van der Waals surface area (Å²) in [6.45, 7) is 2.19. The van der Waals surface area contributed by atoms with E-state index >= 15 is 0 Å². The van der Waals surface area contributed by atoms with Crippen LogP contribution in [0, 0.1) is 6.92 Å². The van der Waals surface area contributed by atoms with Gasteiger partial charge in [0.1, 0.15) is 5.76 Å². The molecule has 2 aromatic carbocycles. The molecule has 4 aromatic rings. The number of anilines is 1. The van der Waals surface area contributed by atoms with E-state index in [2.05, 4.69) is 4.98 Å². The van der Waals surface area contributed by atoms with Crippen LogP contribution in [0.5, 0.6) is 0 Å². The molecule has 2 aromatic heterocycles. The number of carbonyl (C=O) groups is 1. The molecule has 29 heavy (non-hydrogen) atoms. The molecule has 0 saturated carbocycles. The Kier molecular flexibility index (Phi) is 4.97. The van der Waals surface area contributed by atoms with Gasteiger partial charge in [-0.05, 0) is 55.0 Å². The minimum Gasteiger partial charge on any atom is -0.467 e. The van der Waals surface area contributed by atoms with Crippen molar-refractivity contribution in [3.8, 4) is 0 Å². The van der Waals surface area contributed by atoms with E-state index in [1.807, 2.05) is 25.1 Å². The molecule has 0 aliphatic rings. The van der Waals surface area contributed by atoms with Gasteiger partial charge in [-0.1, -0.05) is 23.5 Å². The molecule has 2 heterocycles. The highest BCUT2D eigenvalue weighted by Crippen LogP contribution is 2.31. The fourth-order valence-corrected chi connectivity index (χ4v) is 4.66. The number of rotatable bonds is 5. The normalized spacial score (nSPS) is 11.7. The zero-order valence-electron chi connectivity index (χ0n) is 15.8. The van der Waals surface area contributed by atoms with E-state index < -0.39 is 9.84 Å². The van der Waals surface area contributed by atoms with Gasteiger partial charge in [-0.15, -0.1) is 0 Å². The van der Waals surface area contributed by atoms with Gasteiger partial charge in [-0.2, -0.15) is 0 Å². The van der Waals surface area contributed by atoms with E-state index in [-0.39, 0.29) is 22.9 Å². The second-order valence-electron chi connectivity index (χ2n) is 6.74. The van der Waals surface area contributed by atoms with E-state index in [9.17, 15) is 13.2 Å². The number of nitrogens with zero attached hydrogens (tertiary/aromatic N) is 2. The number of thiazole rings is 1. The van der Waals surface area contributed by atoms with E-state index in [1.165, 1.54) is 28.4 Å². The lowest BCUT2D eigenvalue weighted by atomic mass is 10.2. The number of aromatic nitrogens is 1. The summed E-state index contributed by atoms with van der Waals surface area (Å²) in [4.78, 5) is 19.6. The van der Waals surface area contributed by atoms with Gasteiger partial charge in [0.05, 0.1) is 27.9 Å². The number of fused-ring (bicyclic) bond motifs is 1. The van der Waals surface area contributed by atoms with Crippen LogP contribution >= 0.6 is 11.3 Å². The van der Waals surface area contributed by atoms with Crippen LogP contribution in [0.1, 0.15) is 21.7 Å². The van der Waals surface area contributed by atoms with Crippen LogP contribution in [-0.4, -0.2) is 25.6 Å². The Labute approximate surface area is 172 Å². The highest BCUT2D eigenvalue weighted by molar-refractivity contribution is 7.90. The summed E-state index contributed by atoms with van der Waals surface area (Å²) in [5.74, 6) is 0.260. The zero-order chi connectivity index (χ0) is 20.6. The number of benzene rings is 2. The number of hydrogen-bond donors (Lipinski definition) is 0. The van der Waals surface area contributed by atoms with Gasteiger partial charge >= 0.3 is 0 Å². The molecule has 0 fully saturated rings. The van der Waals surface area contributed by atoms with Crippen molar-refractivity contribution in [2.24, 2.45) is 0 Å². The van der Waals surface area contributed by atoms with Crippen molar-refractivity contribution in [1.29, 1.82) is 0 Å². The maximum atomic E-state index is 13.4. The third-order valence-corrected chi connectivity index (χ3v) is 6.56. The lowest BCUT2D eigenvalue weighted by molar-refractivity contribution is 0.0983. The van der Waals surface area contributed by atoms with Crippen molar-refractivity contribution in [3.05, 3.63) is 77.7 Å². The highest BCUT2D eigenvalue weighted by Gasteiger charge is 2.24. The van der Waals surface area contributed by atoms with Crippen LogP contribution < -0.4 is 4.90 Å². The molecule has 148 valence electrons. The summed E-state index contributed by atoms with van der Waals surface area (Å²) in [5, 5.41) is 0.525. The quantitative estimate of drug-likeness (QED) is 0.471. The minimum absolute atomic E-state index is 0.0984. The lowest BCUT2D eigenvalue weighted by Crippen LogP contribution is -2.30. The Bertz CT molecular complexity index is 1290. The van der Waals surface area contributed by atoms with Gasteiger partial charge in [-0.3, -0.25) is 9.69 Å². The first-order valence-electron chi connectivity index (χ1n) is 8.83. The smallest absolute Gasteiger partial charge is 0.260 e. The predicted octanol–water partition coefficient (Wildman–Crippen LogP) is 4.45. The van der Waals surface area contributed by atoms with Crippen molar-refractivity contribution in [3.63, 3.8) is 0 Å². The molecule has 0 atom stereocenters. The molecule has 0 bridgehead atoms. The Morgan fingerprint density at radius 2 is 1.97 bits per heavy atom. The Morgan fingerprint density at radius 3 is 2.69 bits per heavy atom. The molecule has 0 saturated heterocycles. The van der Waals surface area contributed by atoms with Crippen LogP contribution in [0.25, 0.3) is 10.2 Å². The first kappa shape index (κ1) is 19.4. The molecule has 0 aliphatic heterocycles. The summed E-state index contributed by atoms with van der Waals surface area (Å²) in [6.07, 6.45) is 2.66. The number of carbonyl (C=O) groups excluding carboxylic acids is 1. The molecule has 0 N–H and O–H groups in total. The van der Waals surface area contributed by atoms with Crippen molar-refractivity contribution < 1.29 is 17.6 Å². The summed E-state index contributed by atoms with van der Waals surface area (Å²) < 4.78 is 30.2. The largest absolute Gasteiger partial charge is 0.467 e. The second kappa shape index (κ2) is 7.46. The molecule has 0 aliphatic carbocycles. The standard InChI is InChI=1S/C21H18N2O4S2/c1-14-8-9-18-19(11-14)28-21(22-18)23(13-16-6-4-10-27-16)20(24)15-5-3-7-17(12-15)29(2,25)26/h3-12H,13H2,1-2H3. The topological polar surface area (TPSA) is 80.5 Å². The summed E-state index contributed by atoms with van der Waals surface area (Å²) in [7, 11) is -3.43. The Balaban J connectivity index is 1.78. The first-order chi connectivity index (χ1) is 13.8. The van der Waals surface area contributed by atoms with E-state index in [0.717, 1.165) is 22.0 Å². The average Bonchev–Trinajstić information content (AvgIpc) is 3.34. The summed E-state index contributed by atoms with van der Waals surface area (Å²) in [5.41, 5.74) is 2.19. The fourth-order valence-electron chi connectivity index (χ4n) is 2.94. The first-order valence-corrected chi connectivity index (χ1v) is 11.5. The molecular weight excluding hydrogens is 408 g/mol. The predicted molar refractivity (Wildman–Crippen MR) is 113 cm³/mol. The number of hydrogen-bond acceptors (Lipinski definition) is 6. The van der Waals surface area contributed by atoms with Crippen LogP contribution in [0.3, 0.4) is 0 Å². The molecular formula is C21H18N2O4S2. The molecule has 1 amide bonds. The number of sulfone groups is 1. The van der Waals surface area contributed by atoms with Gasteiger partial charge in [0.15, 0.2) is 15.0 Å². The van der Waals surface area contributed by atoms with Gasteiger partial charge in [0.25, 0.3) is 5.91 Å². The summed E-state index contributed by atoms with van der Waals surface area (Å²) >= 11 is 1.41. The SMILES string of the molecule is Cc1ccc2nc(N(Cc3ccco3)C(=O)c3cccc(S(C)(=O)=O)c3)sc2c1. The Hall–Kier alpha value is -2.97. The third kappa shape index (κ3) is 4.08. The zero-order valence-corrected chi connectivity index (χ0v) is 17.5. The molecule has 8 heteroatoms. The van der Waals surface area contributed by atoms with Gasteiger partial charge < -0.3 is 4.42 Å². The maximum absolute atomic E-state index is 13.4. The lowest BCUT2D eigenvalue weighted by Gasteiger charge is -2.19. The van der Waals surface area contributed by atoms with Crippen molar-refractivity contribution in [1.82, 2.24) is 4.98 Å². The van der Waals surface area contributed by atoms with E-state index in [1.54, 1.807) is 30.5 Å². The van der Waals surface area contributed by atoms with Crippen molar-refractivity contribution in [2.45, 2.75) is 18.4 Å². The molecule has 0 unspecified atom stereocenters. The second-order valence-corrected chi connectivity index (χ2v) is 9.76.